The van der Waals surface area contributed by atoms with Gasteiger partial charge in [-0.05, 0) is 40.0 Å². The maximum Gasteiger partial charge on any atom is 0.323 e. The number of piperidine rings is 1. The van der Waals surface area contributed by atoms with E-state index in [0.29, 0.717) is 0 Å². The third-order valence-electron chi connectivity index (χ3n) is 3.15. The molecule has 1 atom stereocenters. The van der Waals surface area contributed by atoms with Gasteiger partial charge in [0.25, 0.3) is 0 Å². The minimum atomic E-state index is -1.08. The molecule has 1 amide bonds. The average molecular weight is 242 g/mol. The number of nitrogens with one attached hydrogen (secondary N) is 1. The molecule has 1 heterocycles. The normalized spacial score (nSPS) is 18.9. The molecule has 0 aromatic heterocycles. The number of carboxylic acids is 1. The van der Waals surface area contributed by atoms with Crippen LogP contribution in [0.3, 0.4) is 0 Å². The molecular formula is C12H22N2O3. The lowest BCUT2D eigenvalue weighted by Crippen LogP contribution is -2.56. The van der Waals surface area contributed by atoms with E-state index in [1.54, 1.807) is 20.8 Å². The standard InChI is InChI=1S/C12H22N2O3/c1-9(13-12(2,3)11(16)17)10(15)14-7-5-4-6-8-14/h9,13H,4-8H2,1-3H3,(H,16,17). The Balaban J connectivity index is 2.54. The first-order chi connectivity index (χ1) is 7.84. The first-order valence-corrected chi connectivity index (χ1v) is 6.14. The summed E-state index contributed by atoms with van der Waals surface area (Å²) in [6.45, 7) is 6.43. The number of carbonyl (C=O) groups excluding carboxylic acids is 1. The van der Waals surface area contributed by atoms with E-state index in [2.05, 4.69) is 5.32 Å². The molecule has 1 rings (SSSR count). The highest BCUT2D eigenvalue weighted by Gasteiger charge is 2.32. The molecule has 98 valence electrons. The quantitative estimate of drug-likeness (QED) is 0.766. The molecular weight excluding hydrogens is 220 g/mol. The van der Waals surface area contributed by atoms with Gasteiger partial charge in [0.2, 0.25) is 5.91 Å². The largest absolute Gasteiger partial charge is 0.480 e. The maximum absolute atomic E-state index is 12.1. The highest BCUT2D eigenvalue weighted by atomic mass is 16.4. The van der Waals surface area contributed by atoms with E-state index in [-0.39, 0.29) is 5.91 Å². The molecule has 0 aromatic carbocycles. The summed E-state index contributed by atoms with van der Waals surface area (Å²) in [4.78, 5) is 24.9. The van der Waals surface area contributed by atoms with E-state index in [0.717, 1.165) is 25.9 Å². The molecule has 0 aliphatic carbocycles. The van der Waals surface area contributed by atoms with E-state index in [1.807, 2.05) is 4.90 Å². The summed E-state index contributed by atoms with van der Waals surface area (Å²) in [5, 5.41) is 11.9. The summed E-state index contributed by atoms with van der Waals surface area (Å²) in [5.74, 6) is -0.949. The Labute approximate surface area is 102 Å². The minimum absolute atomic E-state index is 0.000903. The second-order valence-electron chi connectivity index (χ2n) is 5.18. The molecule has 0 spiro atoms. The van der Waals surface area contributed by atoms with Gasteiger partial charge >= 0.3 is 5.97 Å². The van der Waals surface area contributed by atoms with E-state index in [1.165, 1.54) is 6.42 Å². The van der Waals surface area contributed by atoms with Crippen LogP contribution in [0.4, 0.5) is 0 Å². The van der Waals surface area contributed by atoms with Crippen molar-refractivity contribution in [3.05, 3.63) is 0 Å². The van der Waals surface area contributed by atoms with Gasteiger partial charge in [0.15, 0.2) is 0 Å². The molecule has 1 saturated heterocycles. The van der Waals surface area contributed by atoms with Crippen molar-refractivity contribution in [2.75, 3.05) is 13.1 Å². The first kappa shape index (κ1) is 14.0. The van der Waals surface area contributed by atoms with Crippen LogP contribution in [0.1, 0.15) is 40.0 Å². The Kier molecular flexibility index (Phi) is 4.51. The van der Waals surface area contributed by atoms with Crippen LogP contribution in [0.25, 0.3) is 0 Å². The zero-order valence-electron chi connectivity index (χ0n) is 10.8. The van der Waals surface area contributed by atoms with Crippen molar-refractivity contribution < 1.29 is 14.7 Å². The van der Waals surface area contributed by atoms with Crippen molar-refractivity contribution in [3.63, 3.8) is 0 Å². The van der Waals surface area contributed by atoms with Crippen LogP contribution in [-0.2, 0) is 9.59 Å². The van der Waals surface area contributed by atoms with Crippen molar-refractivity contribution in [1.82, 2.24) is 10.2 Å². The highest BCUT2D eigenvalue weighted by molar-refractivity contribution is 5.84. The minimum Gasteiger partial charge on any atom is -0.480 e. The molecule has 1 unspecified atom stereocenters. The number of hydrogen-bond donors (Lipinski definition) is 2. The predicted molar refractivity (Wildman–Crippen MR) is 64.7 cm³/mol. The van der Waals surface area contributed by atoms with Crippen LogP contribution in [0.15, 0.2) is 0 Å². The number of carbonyl (C=O) groups is 2. The van der Waals surface area contributed by atoms with Gasteiger partial charge in [-0.15, -0.1) is 0 Å². The van der Waals surface area contributed by atoms with Crippen molar-refractivity contribution in [2.45, 2.75) is 51.6 Å². The van der Waals surface area contributed by atoms with Gasteiger partial charge < -0.3 is 10.0 Å². The Hall–Kier alpha value is -1.10. The van der Waals surface area contributed by atoms with E-state index >= 15 is 0 Å². The molecule has 5 heteroatoms. The Morgan fingerprint density at radius 2 is 1.76 bits per heavy atom. The van der Waals surface area contributed by atoms with Crippen LogP contribution in [0, 0.1) is 0 Å². The molecule has 0 bridgehead atoms. The molecule has 5 nitrogen and oxygen atoms in total. The number of nitrogens with zero attached hydrogens (tertiary/aromatic N) is 1. The van der Waals surface area contributed by atoms with Gasteiger partial charge in [-0.3, -0.25) is 14.9 Å². The lowest BCUT2D eigenvalue weighted by molar-refractivity contribution is -0.144. The third-order valence-corrected chi connectivity index (χ3v) is 3.15. The molecule has 1 aliphatic rings. The van der Waals surface area contributed by atoms with Gasteiger partial charge in [-0.1, -0.05) is 0 Å². The van der Waals surface area contributed by atoms with Crippen molar-refractivity contribution in [2.24, 2.45) is 0 Å². The molecule has 1 aliphatic heterocycles. The van der Waals surface area contributed by atoms with E-state index in [4.69, 9.17) is 5.11 Å². The molecule has 0 radical (unpaired) electrons. The van der Waals surface area contributed by atoms with Crippen molar-refractivity contribution in [3.8, 4) is 0 Å². The second-order valence-corrected chi connectivity index (χ2v) is 5.18. The third kappa shape index (κ3) is 3.70. The zero-order valence-corrected chi connectivity index (χ0v) is 10.8. The van der Waals surface area contributed by atoms with Crippen LogP contribution < -0.4 is 5.32 Å². The first-order valence-electron chi connectivity index (χ1n) is 6.14. The summed E-state index contributed by atoms with van der Waals surface area (Å²) >= 11 is 0. The number of hydrogen-bond acceptors (Lipinski definition) is 3. The van der Waals surface area contributed by atoms with Gasteiger partial charge in [-0.25, -0.2) is 0 Å². The SMILES string of the molecule is CC(NC(C)(C)C(=O)O)C(=O)N1CCCCC1. The zero-order chi connectivity index (χ0) is 13.1. The number of likely N-dealkylation sites (tertiary alicyclic amines) is 1. The molecule has 17 heavy (non-hydrogen) atoms. The lowest BCUT2D eigenvalue weighted by Gasteiger charge is -2.32. The summed E-state index contributed by atoms with van der Waals surface area (Å²) in [6.07, 6.45) is 3.26. The summed E-state index contributed by atoms with van der Waals surface area (Å²) in [6, 6.07) is -0.459. The van der Waals surface area contributed by atoms with E-state index < -0.39 is 17.6 Å². The topological polar surface area (TPSA) is 69.6 Å². The summed E-state index contributed by atoms with van der Waals surface area (Å²) in [7, 11) is 0. The number of aliphatic carboxylic acids is 1. The van der Waals surface area contributed by atoms with Gasteiger partial charge in [0, 0.05) is 13.1 Å². The molecule has 0 aromatic rings. The predicted octanol–water partition coefficient (Wildman–Crippen LogP) is 0.840. The average Bonchev–Trinajstić information content (AvgIpc) is 2.28. The summed E-state index contributed by atoms with van der Waals surface area (Å²) in [5.41, 5.74) is -1.08. The second kappa shape index (κ2) is 5.49. The van der Waals surface area contributed by atoms with Crippen LogP contribution in [-0.4, -0.2) is 46.6 Å². The number of carboxylic acid groups (broad SMARTS) is 1. The molecule has 1 fully saturated rings. The fraction of sp³-hybridized carbons (Fsp3) is 0.833. The smallest absolute Gasteiger partial charge is 0.323 e. The van der Waals surface area contributed by atoms with Crippen LogP contribution in [0.5, 0.6) is 0 Å². The Morgan fingerprint density at radius 3 is 2.24 bits per heavy atom. The van der Waals surface area contributed by atoms with Crippen LogP contribution >= 0.6 is 0 Å². The molecule has 2 N–H and O–H groups in total. The monoisotopic (exact) mass is 242 g/mol. The van der Waals surface area contributed by atoms with Crippen LogP contribution in [0.2, 0.25) is 0 Å². The number of rotatable bonds is 4. The fourth-order valence-electron chi connectivity index (χ4n) is 2.05. The van der Waals surface area contributed by atoms with Crippen molar-refractivity contribution >= 4 is 11.9 Å². The molecule has 0 saturated carbocycles. The van der Waals surface area contributed by atoms with Gasteiger partial charge in [0.1, 0.15) is 5.54 Å². The Morgan fingerprint density at radius 1 is 1.24 bits per heavy atom. The Bertz CT molecular complexity index is 296. The lowest BCUT2D eigenvalue weighted by atomic mass is 10.0. The maximum atomic E-state index is 12.1. The highest BCUT2D eigenvalue weighted by Crippen LogP contribution is 2.11. The number of amides is 1. The van der Waals surface area contributed by atoms with Crippen molar-refractivity contribution in [1.29, 1.82) is 0 Å². The summed E-state index contributed by atoms with van der Waals surface area (Å²) < 4.78 is 0. The van der Waals surface area contributed by atoms with Gasteiger partial charge in [0.05, 0.1) is 6.04 Å². The van der Waals surface area contributed by atoms with E-state index in [9.17, 15) is 9.59 Å². The fourth-order valence-corrected chi connectivity index (χ4v) is 2.05. The van der Waals surface area contributed by atoms with Gasteiger partial charge in [-0.2, -0.15) is 0 Å².